The maximum atomic E-state index is 6.05. The molecule has 1 rings (SSSR count). The molecule has 0 amide bonds. The molecule has 1 aromatic heterocycles. The van der Waals surface area contributed by atoms with Crippen LogP contribution in [0.15, 0.2) is 12.3 Å². The molecule has 3 nitrogen and oxygen atoms in total. The lowest BCUT2D eigenvalue weighted by atomic mass is 10.2. The van der Waals surface area contributed by atoms with Crippen molar-refractivity contribution in [1.29, 1.82) is 0 Å². The molecule has 78 valence electrons. The van der Waals surface area contributed by atoms with Gasteiger partial charge < -0.3 is 5.32 Å². The molecule has 1 unspecified atom stereocenters. The van der Waals surface area contributed by atoms with Crippen LogP contribution in [-0.2, 0) is 0 Å². The molecule has 1 N–H and O–H groups in total. The van der Waals surface area contributed by atoms with Gasteiger partial charge >= 0.3 is 0 Å². The second-order valence-corrected chi connectivity index (χ2v) is 3.91. The van der Waals surface area contributed by atoms with E-state index in [0.717, 1.165) is 25.1 Å². The number of hydrogen-bond donors (Lipinski definition) is 1. The van der Waals surface area contributed by atoms with E-state index in [9.17, 15) is 0 Å². The fourth-order valence-corrected chi connectivity index (χ4v) is 1.45. The summed E-state index contributed by atoms with van der Waals surface area (Å²) >= 11 is 6.05. The second-order valence-electron chi connectivity index (χ2n) is 3.29. The van der Waals surface area contributed by atoms with Crippen molar-refractivity contribution in [2.75, 3.05) is 11.9 Å². The van der Waals surface area contributed by atoms with Gasteiger partial charge in [-0.25, -0.2) is 9.97 Å². The third-order valence-electron chi connectivity index (χ3n) is 1.88. The molecule has 0 aliphatic rings. The number of aryl methyl sites for hydroxylation is 1. The van der Waals surface area contributed by atoms with Crippen LogP contribution in [0.1, 0.15) is 25.5 Å². The molecule has 0 aliphatic heterocycles. The van der Waals surface area contributed by atoms with Crippen LogP contribution < -0.4 is 5.32 Å². The van der Waals surface area contributed by atoms with E-state index < -0.39 is 0 Å². The molecule has 0 bridgehead atoms. The summed E-state index contributed by atoms with van der Waals surface area (Å²) < 4.78 is 0. The highest BCUT2D eigenvalue weighted by molar-refractivity contribution is 6.20. The van der Waals surface area contributed by atoms with Gasteiger partial charge in [0, 0.05) is 18.4 Å². The summed E-state index contributed by atoms with van der Waals surface area (Å²) in [6.07, 6.45) is 3.86. The normalized spacial score (nSPS) is 12.5. The Morgan fingerprint density at radius 2 is 2.36 bits per heavy atom. The monoisotopic (exact) mass is 213 g/mol. The van der Waals surface area contributed by atoms with Crippen LogP contribution in [0, 0.1) is 6.92 Å². The minimum Gasteiger partial charge on any atom is -0.353 e. The van der Waals surface area contributed by atoms with Crippen molar-refractivity contribution in [1.82, 2.24) is 9.97 Å². The molecule has 14 heavy (non-hydrogen) atoms. The van der Waals surface area contributed by atoms with Crippen molar-refractivity contribution in [3.05, 3.63) is 18.0 Å². The van der Waals surface area contributed by atoms with Gasteiger partial charge in [0.2, 0.25) is 5.95 Å². The fourth-order valence-electron chi connectivity index (χ4n) is 1.15. The highest BCUT2D eigenvalue weighted by Crippen LogP contribution is 2.06. The summed E-state index contributed by atoms with van der Waals surface area (Å²) in [6, 6.07) is 1.87. The van der Waals surface area contributed by atoms with Crippen molar-refractivity contribution in [2.24, 2.45) is 0 Å². The highest BCUT2D eigenvalue weighted by atomic mass is 35.5. The summed E-state index contributed by atoms with van der Waals surface area (Å²) in [7, 11) is 0. The molecule has 0 radical (unpaired) electrons. The standard InChI is InChI=1S/C10H16ClN3/c1-3-4-9(11)7-13-10-12-6-5-8(2)14-10/h5-6,9H,3-4,7H2,1-2H3,(H,12,13,14). The molecular weight excluding hydrogens is 198 g/mol. The zero-order valence-corrected chi connectivity index (χ0v) is 9.38. The van der Waals surface area contributed by atoms with Crippen molar-refractivity contribution >= 4 is 17.5 Å². The van der Waals surface area contributed by atoms with E-state index in [2.05, 4.69) is 22.2 Å². The zero-order chi connectivity index (χ0) is 10.4. The van der Waals surface area contributed by atoms with Gasteiger partial charge in [-0.05, 0) is 19.4 Å². The molecule has 0 spiro atoms. The number of rotatable bonds is 5. The number of aromatic nitrogens is 2. The van der Waals surface area contributed by atoms with E-state index >= 15 is 0 Å². The van der Waals surface area contributed by atoms with Gasteiger partial charge in [0.05, 0.1) is 5.38 Å². The predicted octanol–water partition coefficient (Wildman–Crippen LogP) is 2.60. The quantitative estimate of drug-likeness (QED) is 0.765. The maximum absolute atomic E-state index is 6.05. The lowest BCUT2D eigenvalue weighted by Crippen LogP contribution is -2.15. The first-order valence-electron chi connectivity index (χ1n) is 4.90. The van der Waals surface area contributed by atoms with Gasteiger partial charge in [-0.15, -0.1) is 11.6 Å². The second kappa shape index (κ2) is 5.81. The van der Waals surface area contributed by atoms with E-state index in [1.165, 1.54) is 0 Å². The van der Waals surface area contributed by atoms with Crippen LogP contribution in [0.5, 0.6) is 0 Å². The van der Waals surface area contributed by atoms with Crippen LogP contribution in [0.25, 0.3) is 0 Å². The maximum Gasteiger partial charge on any atom is 0.222 e. The molecule has 4 heteroatoms. The number of nitrogens with one attached hydrogen (secondary N) is 1. The first-order valence-corrected chi connectivity index (χ1v) is 5.33. The molecule has 0 saturated carbocycles. The third kappa shape index (κ3) is 3.92. The average Bonchev–Trinajstić information content (AvgIpc) is 2.15. The van der Waals surface area contributed by atoms with Crippen LogP contribution in [0.3, 0.4) is 0 Å². The predicted molar refractivity (Wildman–Crippen MR) is 59.8 cm³/mol. The van der Waals surface area contributed by atoms with Gasteiger partial charge in [-0.2, -0.15) is 0 Å². The van der Waals surface area contributed by atoms with Crippen molar-refractivity contribution in [2.45, 2.75) is 32.1 Å². The van der Waals surface area contributed by atoms with Crippen LogP contribution in [-0.4, -0.2) is 21.9 Å². The van der Waals surface area contributed by atoms with E-state index in [-0.39, 0.29) is 5.38 Å². The van der Waals surface area contributed by atoms with E-state index in [0.29, 0.717) is 5.95 Å². The van der Waals surface area contributed by atoms with Gasteiger partial charge in [0.1, 0.15) is 0 Å². The SMILES string of the molecule is CCCC(Cl)CNc1nccc(C)n1. The molecule has 0 saturated heterocycles. The number of halogens is 1. The van der Waals surface area contributed by atoms with Gasteiger partial charge in [-0.3, -0.25) is 0 Å². The Morgan fingerprint density at radius 3 is 3.00 bits per heavy atom. The Bertz CT molecular complexity index is 278. The number of nitrogens with zero attached hydrogens (tertiary/aromatic N) is 2. The Morgan fingerprint density at radius 1 is 1.57 bits per heavy atom. The van der Waals surface area contributed by atoms with E-state index in [4.69, 9.17) is 11.6 Å². The summed E-state index contributed by atoms with van der Waals surface area (Å²) in [5.74, 6) is 0.659. The van der Waals surface area contributed by atoms with Crippen LogP contribution in [0.4, 0.5) is 5.95 Å². The Kier molecular flexibility index (Phi) is 4.66. The largest absolute Gasteiger partial charge is 0.353 e. The average molecular weight is 214 g/mol. The zero-order valence-electron chi connectivity index (χ0n) is 8.63. The van der Waals surface area contributed by atoms with E-state index in [1.54, 1.807) is 6.20 Å². The van der Waals surface area contributed by atoms with Crippen LogP contribution >= 0.6 is 11.6 Å². The topological polar surface area (TPSA) is 37.8 Å². The van der Waals surface area contributed by atoms with Crippen molar-refractivity contribution < 1.29 is 0 Å². The first kappa shape index (κ1) is 11.2. The molecular formula is C10H16ClN3. The van der Waals surface area contributed by atoms with Crippen molar-refractivity contribution in [3.63, 3.8) is 0 Å². The Balaban J connectivity index is 2.37. The third-order valence-corrected chi connectivity index (χ3v) is 2.25. The Labute approximate surface area is 89.9 Å². The summed E-state index contributed by atoms with van der Waals surface area (Å²) in [6.45, 7) is 4.79. The fraction of sp³-hybridized carbons (Fsp3) is 0.600. The Hall–Kier alpha value is -0.830. The summed E-state index contributed by atoms with van der Waals surface area (Å²) in [5.41, 5.74) is 0.962. The van der Waals surface area contributed by atoms with Crippen molar-refractivity contribution in [3.8, 4) is 0 Å². The minimum absolute atomic E-state index is 0.157. The molecule has 0 fully saturated rings. The van der Waals surface area contributed by atoms with E-state index in [1.807, 2.05) is 13.0 Å². The van der Waals surface area contributed by atoms with Gasteiger partial charge in [0.25, 0.3) is 0 Å². The number of alkyl halides is 1. The van der Waals surface area contributed by atoms with Gasteiger partial charge in [-0.1, -0.05) is 13.3 Å². The highest BCUT2D eigenvalue weighted by Gasteiger charge is 2.03. The lowest BCUT2D eigenvalue weighted by molar-refractivity contribution is 0.748. The summed E-state index contributed by atoms with van der Waals surface area (Å²) in [4.78, 5) is 8.32. The molecule has 1 aromatic rings. The number of hydrogen-bond acceptors (Lipinski definition) is 3. The minimum atomic E-state index is 0.157. The number of anilines is 1. The molecule has 1 heterocycles. The smallest absolute Gasteiger partial charge is 0.222 e. The molecule has 0 aromatic carbocycles. The molecule has 0 aliphatic carbocycles. The van der Waals surface area contributed by atoms with Gasteiger partial charge in [0.15, 0.2) is 0 Å². The summed E-state index contributed by atoms with van der Waals surface area (Å²) in [5, 5.41) is 3.27. The van der Waals surface area contributed by atoms with Crippen LogP contribution in [0.2, 0.25) is 0 Å². The lowest BCUT2D eigenvalue weighted by Gasteiger charge is -2.09. The molecule has 1 atom stereocenters. The first-order chi connectivity index (χ1) is 6.72.